The molecular weight excluding hydrogens is 461 g/mol. The van der Waals surface area contributed by atoms with E-state index in [9.17, 15) is 19.2 Å². The van der Waals surface area contributed by atoms with Crippen LogP contribution < -0.4 is 16.4 Å². The van der Waals surface area contributed by atoms with E-state index in [1.807, 2.05) is 0 Å². The van der Waals surface area contributed by atoms with E-state index in [1.54, 1.807) is 37.3 Å². The normalized spacial score (nSPS) is 10.7. The van der Waals surface area contributed by atoms with Gasteiger partial charge in [-0.25, -0.2) is 4.79 Å². The number of hydrogen-bond acceptors (Lipinski definition) is 6. The van der Waals surface area contributed by atoms with Crippen LogP contribution in [-0.4, -0.2) is 35.5 Å². The lowest BCUT2D eigenvalue weighted by atomic mass is 10.2. The molecule has 2 amide bonds. The Morgan fingerprint density at radius 1 is 1.12 bits per heavy atom. The lowest BCUT2D eigenvalue weighted by molar-refractivity contribution is -0.148. The smallest absolute Gasteiger partial charge is 0.419 e. The highest BCUT2D eigenvalue weighted by Crippen LogP contribution is 2.22. The standard InChI is InChI=1S/C21H19Cl2N3O6/c1-12-14(23)3-2-4-15(12)25-18(27)10-24-19(28)11-31-20(29)7-8-26-16-6-5-13(22)9-17(16)32-21(26)30/h2-6,9H,7-8,10-11H2,1H3,(H,24,28)(H,25,27). The molecule has 0 saturated carbocycles. The monoisotopic (exact) mass is 479 g/mol. The minimum atomic E-state index is -0.686. The summed E-state index contributed by atoms with van der Waals surface area (Å²) in [4.78, 5) is 47.7. The van der Waals surface area contributed by atoms with Crippen molar-refractivity contribution in [3.8, 4) is 0 Å². The number of ether oxygens (including phenoxy) is 1. The van der Waals surface area contributed by atoms with Crippen molar-refractivity contribution < 1.29 is 23.5 Å². The number of amides is 2. The first-order valence-electron chi connectivity index (χ1n) is 9.51. The summed E-state index contributed by atoms with van der Waals surface area (Å²) in [6, 6.07) is 9.79. The molecule has 0 aliphatic heterocycles. The van der Waals surface area contributed by atoms with Gasteiger partial charge in [-0.15, -0.1) is 0 Å². The zero-order valence-electron chi connectivity index (χ0n) is 16.9. The van der Waals surface area contributed by atoms with Crippen LogP contribution in [0.1, 0.15) is 12.0 Å². The number of hydrogen-bond donors (Lipinski definition) is 2. The van der Waals surface area contributed by atoms with Crippen molar-refractivity contribution in [1.82, 2.24) is 9.88 Å². The van der Waals surface area contributed by atoms with E-state index < -0.39 is 30.1 Å². The van der Waals surface area contributed by atoms with E-state index in [1.165, 1.54) is 10.6 Å². The van der Waals surface area contributed by atoms with Crippen LogP contribution in [0.25, 0.3) is 11.1 Å². The number of nitrogens with one attached hydrogen (secondary N) is 2. The van der Waals surface area contributed by atoms with Crippen LogP contribution in [0.2, 0.25) is 10.0 Å². The van der Waals surface area contributed by atoms with Gasteiger partial charge in [-0.1, -0.05) is 29.3 Å². The number of rotatable bonds is 8. The third-order valence-electron chi connectivity index (χ3n) is 4.52. The molecule has 11 heteroatoms. The van der Waals surface area contributed by atoms with E-state index in [0.29, 0.717) is 32.4 Å². The third-order valence-corrected chi connectivity index (χ3v) is 5.17. The molecule has 32 heavy (non-hydrogen) atoms. The van der Waals surface area contributed by atoms with Gasteiger partial charge in [0.25, 0.3) is 5.91 Å². The summed E-state index contributed by atoms with van der Waals surface area (Å²) < 4.78 is 11.2. The molecule has 0 saturated heterocycles. The average molecular weight is 480 g/mol. The second-order valence-electron chi connectivity index (χ2n) is 6.78. The summed E-state index contributed by atoms with van der Waals surface area (Å²) in [7, 11) is 0. The lowest BCUT2D eigenvalue weighted by Crippen LogP contribution is -2.35. The van der Waals surface area contributed by atoms with Crippen LogP contribution in [0, 0.1) is 6.92 Å². The molecule has 0 unspecified atom stereocenters. The Morgan fingerprint density at radius 2 is 1.91 bits per heavy atom. The Kier molecular flexibility index (Phi) is 7.55. The fourth-order valence-corrected chi connectivity index (χ4v) is 3.18. The quantitative estimate of drug-likeness (QED) is 0.479. The number of halogens is 2. The summed E-state index contributed by atoms with van der Waals surface area (Å²) in [6.07, 6.45) is -0.154. The average Bonchev–Trinajstić information content (AvgIpc) is 3.06. The second-order valence-corrected chi connectivity index (χ2v) is 7.62. The van der Waals surface area contributed by atoms with Crippen molar-refractivity contribution in [2.24, 2.45) is 0 Å². The maximum absolute atomic E-state index is 12.0. The van der Waals surface area contributed by atoms with Gasteiger partial charge in [-0.05, 0) is 36.8 Å². The highest BCUT2D eigenvalue weighted by atomic mass is 35.5. The lowest BCUT2D eigenvalue weighted by Gasteiger charge is -2.10. The van der Waals surface area contributed by atoms with E-state index in [4.69, 9.17) is 32.4 Å². The van der Waals surface area contributed by atoms with Crippen molar-refractivity contribution in [2.45, 2.75) is 19.9 Å². The van der Waals surface area contributed by atoms with Crippen molar-refractivity contribution in [3.63, 3.8) is 0 Å². The molecule has 1 aromatic heterocycles. The number of benzene rings is 2. The number of carbonyl (C=O) groups is 3. The predicted octanol–water partition coefficient (Wildman–Crippen LogP) is 2.90. The zero-order chi connectivity index (χ0) is 23.3. The SMILES string of the molecule is Cc1c(Cl)cccc1NC(=O)CNC(=O)COC(=O)CCn1c(=O)oc2cc(Cl)ccc21. The van der Waals surface area contributed by atoms with Crippen LogP contribution >= 0.6 is 23.2 Å². The molecule has 0 radical (unpaired) electrons. The van der Waals surface area contributed by atoms with Gasteiger partial charge in [0.05, 0.1) is 18.5 Å². The Morgan fingerprint density at radius 3 is 2.69 bits per heavy atom. The third kappa shape index (κ3) is 5.89. The number of anilines is 1. The summed E-state index contributed by atoms with van der Waals surface area (Å²) in [5.41, 5.74) is 2.04. The zero-order valence-corrected chi connectivity index (χ0v) is 18.5. The summed E-state index contributed by atoms with van der Waals surface area (Å²) in [5.74, 6) is -2.42. The van der Waals surface area contributed by atoms with E-state index in [-0.39, 0.29) is 19.5 Å². The Balaban J connectivity index is 1.42. The number of oxazole rings is 1. The van der Waals surface area contributed by atoms with E-state index in [2.05, 4.69) is 10.6 Å². The minimum absolute atomic E-state index is 0.00924. The van der Waals surface area contributed by atoms with Crippen LogP contribution in [0.5, 0.6) is 0 Å². The fourth-order valence-electron chi connectivity index (χ4n) is 2.84. The molecule has 3 rings (SSSR count). The van der Waals surface area contributed by atoms with Crippen molar-refractivity contribution in [3.05, 3.63) is 62.6 Å². The molecule has 0 aliphatic carbocycles. The molecule has 0 spiro atoms. The summed E-state index contributed by atoms with van der Waals surface area (Å²) in [6.45, 7) is 0.904. The Bertz CT molecular complexity index is 1230. The molecule has 1 heterocycles. The molecule has 168 valence electrons. The highest BCUT2D eigenvalue weighted by Gasteiger charge is 2.14. The largest absolute Gasteiger partial charge is 0.456 e. The number of nitrogens with zero attached hydrogens (tertiary/aromatic N) is 1. The van der Waals surface area contributed by atoms with E-state index in [0.717, 1.165) is 0 Å². The van der Waals surface area contributed by atoms with Gasteiger partial charge in [0, 0.05) is 28.3 Å². The maximum Gasteiger partial charge on any atom is 0.419 e. The van der Waals surface area contributed by atoms with Crippen molar-refractivity contribution in [1.29, 1.82) is 0 Å². The van der Waals surface area contributed by atoms with Gasteiger partial charge >= 0.3 is 11.7 Å². The first kappa shape index (κ1) is 23.4. The number of esters is 1. The van der Waals surface area contributed by atoms with Gasteiger partial charge in [-0.3, -0.25) is 19.0 Å². The molecule has 0 bridgehead atoms. The minimum Gasteiger partial charge on any atom is -0.456 e. The topological polar surface area (TPSA) is 120 Å². The fraction of sp³-hybridized carbons (Fsp3) is 0.238. The molecule has 9 nitrogen and oxygen atoms in total. The predicted molar refractivity (Wildman–Crippen MR) is 119 cm³/mol. The molecule has 3 aromatic rings. The van der Waals surface area contributed by atoms with Gasteiger partial charge < -0.3 is 19.8 Å². The van der Waals surface area contributed by atoms with Crippen LogP contribution in [0.4, 0.5) is 5.69 Å². The first-order valence-corrected chi connectivity index (χ1v) is 10.3. The van der Waals surface area contributed by atoms with Gasteiger partial charge in [-0.2, -0.15) is 0 Å². The van der Waals surface area contributed by atoms with Crippen LogP contribution in [0.15, 0.2) is 45.6 Å². The Labute approximate surface area is 192 Å². The van der Waals surface area contributed by atoms with Gasteiger partial charge in [0.2, 0.25) is 5.91 Å². The first-order chi connectivity index (χ1) is 15.2. The summed E-state index contributed by atoms with van der Waals surface area (Å²) in [5, 5.41) is 5.92. The van der Waals surface area contributed by atoms with Crippen molar-refractivity contribution in [2.75, 3.05) is 18.5 Å². The number of aromatic nitrogens is 1. The van der Waals surface area contributed by atoms with Crippen molar-refractivity contribution >= 4 is 57.8 Å². The molecule has 2 N–H and O–H groups in total. The van der Waals surface area contributed by atoms with Crippen LogP contribution in [0.3, 0.4) is 0 Å². The second kappa shape index (κ2) is 10.3. The number of fused-ring (bicyclic) bond motifs is 1. The Hall–Kier alpha value is -3.30. The molecule has 0 fully saturated rings. The molecule has 2 aromatic carbocycles. The molecular formula is C21H19Cl2N3O6. The highest BCUT2D eigenvalue weighted by molar-refractivity contribution is 6.32. The van der Waals surface area contributed by atoms with Gasteiger partial charge in [0.1, 0.15) is 0 Å². The summed E-state index contributed by atoms with van der Waals surface area (Å²) >= 11 is 11.9. The number of carbonyl (C=O) groups excluding carboxylic acids is 3. The number of aryl methyl sites for hydroxylation is 1. The maximum atomic E-state index is 12.0. The molecule has 0 aliphatic rings. The van der Waals surface area contributed by atoms with Crippen LogP contribution in [-0.2, 0) is 25.7 Å². The van der Waals surface area contributed by atoms with Gasteiger partial charge in [0.15, 0.2) is 12.2 Å². The van der Waals surface area contributed by atoms with E-state index >= 15 is 0 Å². The molecule has 0 atom stereocenters.